The number of hydrogen-bond donors (Lipinski definition) is 2. The fraction of sp³-hybridized carbons (Fsp3) is 0.243. The van der Waals surface area contributed by atoms with Crippen LogP contribution in [-0.4, -0.2) is 39.5 Å². The van der Waals surface area contributed by atoms with Crippen LogP contribution in [0.2, 0.25) is 0 Å². The summed E-state index contributed by atoms with van der Waals surface area (Å²) in [6.07, 6.45) is 0.877. The molecule has 2 N–H and O–H groups in total. The molecule has 0 spiro atoms. The second-order valence-electron chi connectivity index (χ2n) is 12.9. The number of hydrogen-bond acceptors (Lipinski definition) is 5. The molecule has 1 fully saturated rings. The van der Waals surface area contributed by atoms with Crippen molar-refractivity contribution in [3.05, 3.63) is 119 Å². The van der Waals surface area contributed by atoms with Crippen molar-refractivity contribution >= 4 is 23.3 Å². The number of benzene rings is 3. The van der Waals surface area contributed by atoms with E-state index in [1.165, 1.54) is 30.3 Å². The molecule has 0 saturated heterocycles. The number of ketones is 1. The van der Waals surface area contributed by atoms with Crippen molar-refractivity contribution in [2.75, 3.05) is 6.61 Å². The van der Waals surface area contributed by atoms with Crippen LogP contribution in [0, 0.1) is 18.7 Å². The average Bonchev–Trinajstić information content (AvgIpc) is 3.71. The number of nitrogens with zero attached hydrogens (tertiary/aromatic N) is 2. The third kappa shape index (κ3) is 6.63. The molecule has 5 aromatic rings. The SMILES string of the molecule is Cc1ccc(C(=O)NC2(c3ccccc3)CC2)cc1-c1cc(F)n2nc(-c3ccc(F)cc3)c(C(=O)COC(=O)NC(C)(C)C)c2c1. The summed E-state index contributed by atoms with van der Waals surface area (Å²) in [4.78, 5) is 39.5. The van der Waals surface area contributed by atoms with E-state index in [0.29, 0.717) is 22.3 Å². The number of ether oxygens (including phenoxy) is 1. The molecule has 8 nitrogen and oxygen atoms in total. The van der Waals surface area contributed by atoms with Gasteiger partial charge in [-0.2, -0.15) is 9.49 Å². The number of Topliss-reactive ketones (excluding diaryl/α,β-unsaturated/α-hetero) is 1. The maximum Gasteiger partial charge on any atom is 0.407 e. The summed E-state index contributed by atoms with van der Waals surface area (Å²) < 4.78 is 35.8. The molecule has 1 aliphatic carbocycles. The predicted octanol–water partition coefficient (Wildman–Crippen LogP) is 7.38. The Labute approximate surface area is 270 Å². The molecule has 0 atom stereocenters. The topological polar surface area (TPSA) is 102 Å². The molecule has 0 unspecified atom stereocenters. The highest BCUT2D eigenvalue weighted by molar-refractivity contribution is 6.09. The number of carbonyl (C=O) groups excluding carboxylic acids is 3. The summed E-state index contributed by atoms with van der Waals surface area (Å²) in [5.41, 5.74) is 2.84. The van der Waals surface area contributed by atoms with E-state index in [4.69, 9.17) is 4.74 Å². The van der Waals surface area contributed by atoms with Crippen LogP contribution in [0.1, 0.15) is 65.5 Å². The molecule has 47 heavy (non-hydrogen) atoms. The zero-order valence-corrected chi connectivity index (χ0v) is 26.5. The zero-order valence-electron chi connectivity index (χ0n) is 26.5. The van der Waals surface area contributed by atoms with Gasteiger partial charge in [0.05, 0.1) is 16.6 Å². The lowest BCUT2D eigenvalue weighted by Gasteiger charge is -2.19. The standard InChI is InChI=1S/C37H34F2N4O4/c1-22-10-11-24(34(45)40-37(16-17-37)26-8-6-5-7-9-26)18-28(22)25-19-29-32(30(44)21-47-35(46)41-36(2,3)4)33(42-43(29)31(39)20-25)23-12-14-27(38)15-13-23/h5-15,18-20H,16-17,21H2,1-4H3,(H,40,45)(H,41,46). The molecule has 3 aromatic carbocycles. The minimum absolute atomic E-state index is 0.00556. The van der Waals surface area contributed by atoms with Crippen LogP contribution in [-0.2, 0) is 10.3 Å². The fourth-order valence-corrected chi connectivity index (χ4v) is 5.62. The van der Waals surface area contributed by atoms with Gasteiger partial charge in [0.25, 0.3) is 5.91 Å². The lowest BCUT2D eigenvalue weighted by molar-refractivity contribution is 0.0834. The highest BCUT2D eigenvalue weighted by Crippen LogP contribution is 2.45. The summed E-state index contributed by atoms with van der Waals surface area (Å²) in [6, 6.07) is 23.2. The molecule has 240 valence electrons. The first-order chi connectivity index (χ1) is 22.3. The van der Waals surface area contributed by atoms with Crippen molar-refractivity contribution in [3.8, 4) is 22.4 Å². The molecule has 0 radical (unpaired) electrons. The normalized spacial score (nSPS) is 13.7. The van der Waals surface area contributed by atoms with Crippen LogP contribution >= 0.6 is 0 Å². The van der Waals surface area contributed by atoms with Gasteiger partial charge in [0.1, 0.15) is 11.5 Å². The van der Waals surface area contributed by atoms with Crippen LogP contribution in [0.4, 0.5) is 13.6 Å². The van der Waals surface area contributed by atoms with E-state index in [-0.39, 0.29) is 22.7 Å². The average molecular weight is 637 g/mol. The number of aryl methyl sites for hydroxylation is 1. The third-order valence-electron chi connectivity index (χ3n) is 8.14. The third-order valence-corrected chi connectivity index (χ3v) is 8.14. The van der Waals surface area contributed by atoms with Gasteiger partial charge in [0.15, 0.2) is 6.61 Å². The Hall–Kier alpha value is -5.38. The van der Waals surface area contributed by atoms with Crippen molar-refractivity contribution < 1.29 is 27.9 Å². The number of nitrogens with one attached hydrogen (secondary N) is 2. The van der Waals surface area contributed by atoms with E-state index >= 15 is 4.39 Å². The summed E-state index contributed by atoms with van der Waals surface area (Å²) in [6.45, 7) is 6.52. The fourth-order valence-electron chi connectivity index (χ4n) is 5.62. The Morgan fingerprint density at radius 1 is 0.915 bits per heavy atom. The Kier molecular flexibility index (Phi) is 8.13. The zero-order chi connectivity index (χ0) is 33.5. The number of aromatic nitrogens is 2. The van der Waals surface area contributed by atoms with Gasteiger partial charge in [-0.25, -0.2) is 13.7 Å². The summed E-state index contributed by atoms with van der Waals surface area (Å²) in [7, 11) is 0. The quantitative estimate of drug-likeness (QED) is 0.137. The van der Waals surface area contributed by atoms with E-state index < -0.39 is 41.3 Å². The van der Waals surface area contributed by atoms with Gasteiger partial charge in [-0.3, -0.25) is 9.59 Å². The molecule has 0 bridgehead atoms. The van der Waals surface area contributed by atoms with Crippen LogP contribution in [0.3, 0.4) is 0 Å². The monoisotopic (exact) mass is 636 g/mol. The molecule has 2 amide bonds. The molecule has 10 heteroatoms. The van der Waals surface area contributed by atoms with Crippen LogP contribution in [0.5, 0.6) is 0 Å². The number of fused-ring (bicyclic) bond motifs is 1. The van der Waals surface area contributed by atoms with Crippen molar-refractivity contribution in [3.63, 3.8) is 0 Å². The summed E-state index contributed by atoms with van der Waals surface area (Å²) in [5.74, 6) is -2.13. The number of amides is 2. The van der Waals surface area contributed by atoms with Gasteiger partial charge in [-0.1, -0.05) is 36.4 Å². The van der Waals surface area contributed by atoms with E-state index in [0.717, 1.165) is 28.5 Å². The molecule has 0 aliphatic heterocycles. The number of carbonyl (C=O) groups is 3. The minimum atomic E-state index is -0.788. The number of pyridine rings is 1. The van der Waals surface area contributed by atoms with Gasteiger partial charge in [0.2, 0.25) is 11.7 Å². The Balaban J connectivity index is 1.39. The molecule has 2 heterocycles. The van der Waals surface area contributed by atoms with Crippen LogP contribution in [0.25, 0.3) is 27.9 Å². The first-order valence-corrected chi connectivity index (χ1v) is 15.3. The largest absolute Gasteiger partial charge is 0.441 e. The van der Waals surface area contributed by atoms with Gasteiger partial charge in [0, 0.05) is 22.7 Å². The van der Waals surface area contributed by atoms with Crippen molar-refractivity contribution in [2.45, 2.75) is 51.6 Å². The number of rotatable bonds is 8. The molecule has 2 aromatic heterocycles. The van der Waals surface area contributed by atoms with E-state index in [9.17, 15) is 18.8 Å². The van der Waals surface area contributed by atoms with Crippen molar-refractivity contribution in [2.24, 2.45) is 0 Å². The maximum absolute atomic E-state index is 15.8. The van der Waals surface area contributed by atoms with Crippen LogP contribution < -0.4 is 10.6 Å². The van der Waals surface area contributed by atoms with Crippen molar-refractivity contribution in [1.82, 2.24) is 20.2 Å². The first-order valence-electron chi connectivity index (χ1n) is 15.3. The van der Waals surface area contributed by atoms with Gasteiger partial charge in [-0.15, -0.1) is 0 Å². The lowest BCUT2D eigenvalue weighted by atomic mass is 9.96. The Bertz CT molecular complexity index is 2010. The first kappa shape index (κ1) is 31.6. The highest BCUT2D eigenvalue weighted by Gasteiger charge is 2.45. The van der Waals surface area contributed by atoms with Crippen molar-refractivity contribution in [1.29, 1.82) is 0 Å². The second kappa shape index (κ2) is 12.1. The molecule has 1 saturated carbocycles. The Morgan fingerprint density at radius 2 is 1.62 bits per heavy atom. The molecular weight excluding hydrogens is 602 g/mol. The second-order valence-corrected chi connectivity index (χ2v) is 12.9. The molecule has 6 rings (SSSR count). The lowest BCUT2D eigenvalue weighted by Crippen LogP contribution is -2.41. The predicted molar refractivity (Wildman–Crippen MR) is 174 cm³/mol. The summed E-state index contributed by atoms with van der Waals surface area (Å²) in [5, 5.41) is 10.2. The van der Waals surface area contributed by atoms with E-state index in [1.54, 1.807) is 45.0 Å². The van der Waals surface area contributed by atoms with E-state index in [1.807, 2.05) is 37.3 Å². The Morgan fingerprint density at radius 3 is 2.28 bits per heavy atom. The maximum atomic E-state index is 15.8. The number of alkyl carbamates (subject to hydrolysis) is 1. The minimum Gasteiger partial charge on any atom is -0.441 e. The summed E-state index contributed by atoms with van der Waals surface area (Å²) >= 11 is 0. The number of halogens is 2. The van der Waals surface area contributed by atoms with Gasteiger partial charge in [-0.05, 0) is 105 Å². The highest BCUT2D eigenvalue weighted by atomic mass is 19.1. The molecular formula is C37H34F2N4O4. The van der Waals surface area contributed by atoms with Gasteiger partial charge >= 0.3 is 6.09 Å². The van der Waals surface area contributed by atoms with E-state index in [2.05, 4.69) is 15.7 Å². The smallest absolute Gasteiger partial charge is 0.407 e. The van der Waals surface area contributed by atoms with Crippen LogP contribution in [0.15, 0.2) is 84.9 Å². The molecule has 1 aliphatic rings. The van der Waals surface area contributed by atoms with Gasteiger partial charge < -0.3 is 15.4 Å².